The molecule has 0 saturated heterocycles. The van der Waals surface area contributed by atoms with E-state index >= 15 is 0 Å². The standard InChI is InChI=1S/C7H6O3/c8-6-3-1-5(2-4-6)7(9)10/h1-4,8H,(H,9,10)/i/hT. The molecule has 0 saturated carbocycles. The second kappa shape index (κ2) is 2.39. The molecule has 0 aromatic heterocycles. The number of carboxylic acids is 1. The van der Waals surface area contributed by atoms with E-state index in [1.165, 1.54) is 24.3 Å². The van der Waals surface area contributed by atoms with Crippen molar-refractivity contribution >= 4 is 5.97 Å². The molecule has 0 radical (unpaired) electrons. The average Bonchev–Trinajstić information content (AvgIpc) is 2.05. The number of carboxylic acid groups (broad SMARTS) is 1. The molecule has 3 heteroatoms. The van der Waals surface area contributed by atoms with Crippen molar-refractivity contribution in [1.29, 1.82) is 1.43 Å². The minimum atomic E-state index is -0.731. The Kier molecular flexibility index (Phi) is 1.26. The van der Waals surface area contributed by atoms with Gasteiger partial charge in [0.15, 0.2) is 0 Å². The van der Waals surface area contributed by atoms with Gasteiger partial charge in [-0.05, 0) is 24.3 Å². The van der Waals surface area contributed by atoms with E-state index in [0.717, 1.165) is 0 Å². The van der Waals surface area contributed by atoms with Gasteiger partial charge in [0, 0.05) is 0 Å². The molecule has 52 valence electrons. The van der Waals surface area contributed by atoms with Crippen molar-refractivity contribution in [2.75, 3.05) is 0 Å². The number of phenolic OH excluding ortho intramolecular Hbond substituents is 1. The molecule has 1 aromatic carbocycles. The first-order valence-electron chi connectivity index (χ1n) is 3.11. The van der Waals surface area contributed by atoms with Crippen molar-refractivity contribution in [3.63, 3.8) is 0 Å². The summed E-state index contributed by atoms with van der Waals surface area (Å²) in [6, 6.07) is 5.47. The maximum atomic E-state index is 10.6. The van der Waals surface area contributed by atoms with Crippen molar-refractivity contribution in [3.8, 4) is 5.75 Å². The summed E-state index contributed by atoms with van der Waals surface area (Å²) >= 11 is 0. The van der Waals surface area contributed by atoms with Crippen LogP contribution in [0, 0.1) is 0 Å². The van der Waals surface area contributed by atoms with Gasteiger partial charge in [-0.1, -0.05) is 0 Å². The van der Waals surface area contributed by atoms with Gasteiger partial charge in [0.05, 0.1) is 5.56 Å². The predicted molar refractivity (Wildman–Crippen MR) is 35.1 cm³/mol. The molecule has 0 aliphatic carbocycles. The van der Waals surface area contributed by atoms with Crippen LogP contribution in [0.1, 0.15) is 10.4 Å². The highest BCUT2D eigenvalue weighted by Gasteiger charge is 1.99. The van der Waals surface area contributed by atoms with Gasteiger partial charge in [0.25, 0.3) is 1.43 Å². The lowest BCUT2D eigenvalue weighted by molar-refractivity contribution is 0.0697. The highest BCUT2D eigenvalue weighted by Crippen LogP contribution is 2.08. The van der Waals surface area contributed by atoms with Gasteiger partial charge in [-0.25, -0.2) is 4.79 Å². The van der Waals surface area contributed by atoms with Crippen LogP contribution >= 0.6 is 0 Å². The van der Waals surface area contributed by atoms with Gasteiger partial charge in [-0.2, -0.15) is 0 Å². The monoisotopic (exact) mass is 140 g/mol. The molecule has 0 aliphatic heterocycles. The number of hydrogen-bond acceptors (Lipinski definition) is 3. The predicted octanol–water partition coefficient (Wildman–Crippen LogP) is 1.09. The Hall–Kier alpha value is -1.51. The second-order valence-electron chi connectivity index (χ2n) is 1.83. The van der Waals surface area contributed by atoms with Gasteiger partial charge in [0.1, 0.15) is 5.75 Å². The van der Waals surface area contributed by atoms with E-state index in [9.17, 15) is 4.79 Å². The van der Waals surface area contributed by atoms with Crippen LogP contribution in [0.15, 0.2) is 24.3 Å². The molecule has 0 unspecified atom stereocenters. The van der Waals surface area contributed by atoms with E-state index in [2.05, 4.69) is 5.11 Å². The largest absolute Gasteiger partial charge is 0.508 e. The summed E-state index contributed by atoms with van der Waals surface area (Å²) < 4.78 is 6.29. The van der Waals surface area contributed by atoms with Gasteiger partial charge in [0.2, 0.25) is 0 Å². The zero-order chi connectivity index (χ0) is 8.27. The summed E-state index contributed by atoms with van der Waals surface area (Å²) in [5.41, 5.74) is 0.248. The molecule has 0 bridgehead atoms. The van der Waals surface area contributed by atoms with Gasteiger partial charge in [-0.15, -0.1) is 0 Å². The maximum Gasteiger partial charge on any atom is 0.335 e. The zero-order valence-corrected chi connectivity index (χ0v) is 5.07. The van der Waals surface area contributed by atoms with Crippen LogP contribution in [0.5, 0.6) is 5.75 Å². The lowest BCUT2D eigenvalue weighted by Gasteiger charge is -1.92. The molecule has 0 fully saturated rings. The minimum Gasteiger partial charge on any atom is -0.508 e. The molecule has 0 amide bonds. The quantitative estimate of drug-likeness (QED) is 0.613. The highest BCUT2D eigenvalue weighted by molar-refractivity contribution is 5.87. The SMILES string of the molecule is [3H]OC(=O)c1ccc(O)cc1. The first-order chi connectivity index (χ1) is 5.24. The van der Waals surface area contributed by atoms with E-state index in [1.54, 1.807) is 0 Å². The van der Waals surface area contributed by atoms with Crippen LogP contribution in [-0.2, 0) is 0 Å². The Bertz CT molecular complexity index is 255. The van der Waals surface area contributed by atoms with Crippen LogP contribution in [0.25, 0.3) is 1.43 Å². The summed E-state index contributed by atoms with van der Waals surface area (Å²) in [5.74, 6) is -0.656. The molecule has 0 spiro atoms. The molecular weight excluding hydrogens is 132 g/mol. The summed E-state index contributed by atoms with van der Waals surface area (Å²) in [6.45, 7) is 0. The molecule has 0 atom stereocenters. The summed E-state index contributed by atoms with van der Waals surface area (Å²) in [7, 11) is 0. The maximum absolute atomic E-state index is 10.6. The molecule has 1 rings (SSSR count). The van der Waals surface area contributed by atoms with E-state index in [4.69, 9.17) is 6.54 Å². The third-order valence-corrected chi connectivity index (χ3v) is 1.10. The van der Waals surface area contributed by atoms with Crippen molar-refractivity contribution in [2.45, 2.75) is 0 Å². The number of aromatic hydroxyl groups is 1. The number of phenols is 1. The molecule has 10 heavy (non-hydrogen) atoms. The first-order valence-corrected chi connectivity index (χ1v) is 2.70. The third kappa shape index (κ3) is 1.25. The Morgan fingerprint density at radius 1 is 1.40 bits per heavy atom. The van der Waals surface area contributed by atoms with Crippen LogP contribution in [0.3, 0.4) is 0 Å². The van der Waals surface area contributed by atoms with Crippen LogP contribution in [0.2, 0.25) is 0 Å². The van der Waals surface area contributed by atoms with Crippen LogP contribution in [0.4, 0.5) is 0 Å². The van der Waals surface area contributed by atoms with Crippen molar-refractivity contribution in [3.05, 3.63) is 29.8 Å². The first kappa shape index (κ1) is 5.29. The smallest absolute Gasteiger partial charge is 0.335 e. The number of carbonyl (C=O) groups is 1. The van der Waals surface area contributed by atoms with Gasteiger partial charge < -0.3 is 10.2 Å². The Morgan fingerprint density at radius 2 is 2.00 bits per heavy atom. The minimum absolute atomic E-state index is 0.0755. The Morgan fingerprint density at radius 3 is 2.50 bits per heavy atom. The zero-order valence-electron chi connectivity index (χ0n) is 6.07. The fourth-order valence-electron chi connectivity index (χ4n) is 0.598. The molecule has 2 N–H and O–H groups in total. The summed E-state index contributed by atoms with van der Waals surface area (Å²) in [6.07, 6.45) is 0. The Labute approximate surface area is 59.0 Å². The number of rotatable bonds is 1. The van der Waals surface area contributed by atoms with E-state index < -0.39 is 5.97 Å². The fourth-order valence-corrected chi connectivity index (χ4v) is 0.598. The molecule has 3 nitrogen and oxygen atoms in total. The number of aromatic carboxylic acids is 1. The van der Waals surface area contributed by atoms with E-state index in [0.29, 0.717) is 0 Å². The molecule has 1 aromatic rings. The fraction of sp³-hybridized carbons (Fsp3) is 0. The average molecular weight is 140 g/mol. The Balaban J connectivity index is 2.90. The van der Waals surface area contributed by atoms with Crippen LogP contribution < -0.4 is 0 Å². The normalized spacial score (nSPS) is 10.2. The molecule has 0 heterocycles. The molecule has 0 aliphatic rings. The number of hydrogen-bond donors (Lipinski definition) is 2. The third-order valence-electron chi connectivity index (χ3n) is 1.10. The lowest BCUT2D eigenvalue weighted by Crippen LogP contribution is -1.93. The van der Waals surface area contributed by atoms with E-state index in [-0.39, 0.29) is 11.3 Å². The van der Waals surface area contributed by atoms with Crippen molar-refractivity contribution in [2.24, 2.45) is 0 Å². The highest BCUT2D eigenvalue weighted by atomic mass is 16.4. The van der Waals surface area contributed by atoms with Crippen molar-refractivity contribution in [1.82, 2.24) is 0 Å². The molecular formula is C7H6O3. The summed E-state index contributed by atoms with van der Waals surface area (Å²) in [4.78, 5) is 10.6. The lowest BCUT2D eigenvalue weighted by atomic mass is 10.2. The number of benzene rings is 1. The second-order valence-corrected chi connectivity index (χ2v) is 1.83. The topological polar surface area (TPSA) is 57.5 Å². The summed E-state index contributed by atoms with van der Waals surface area (Å²) in [5, 5.41) is 12.5. The van der Waals surface area contributed by atoms with Crippen LogP contribution in [-0.4, -0.2) is 16.2 Å². The van der Waals surface area contributed by atoms with Gasteiger partial charge in [-0.3, -0.25) is 0 Å². The van der Waals surface area contributed by atoms with Gasteiger partial charge >= 0.3 is 5.97 Å². The van der Waals surface area contributed by atoms with Crippen molar-refractivity contribution < 1.29 is 15.0 Å². The van der Waals surface area contributed by atoms with E-state index in [1.807, 2.05) is 0 Å².